The smallest absolute Gasteiger partial charge is 0.252 e. The molecule has 1 unspecified atom stereocenters. The largest absolute Gasteiger partial charge is 0.399 e. The minimum Gasteiger partial charge on any atom is -0.399 e. The van der Waals surface area contributed by atoms with Crippen molar-refractivity contribution in [2.75, 3.05) is 5.73 Å². The van der Waals surface area contributed by atoms with Gasteiger partial charge in [-0.15, -0.1) is 0 Å². The fraction of sp³-hybridized carbons (Fsp3) is 0.235. The van der Waals surface area contributed by atoms with Crippen LogP contribution in [0.5, 0.6) is 0 Å². The summed E-state index contributed by atoms with van der Waals surface area (Å²) in [6.07, 6.45) is 1.89. The van der Waals surface area contributed by atoms with Crippen LogP contribution >= 0.6 is 15.9 Å². The highest BCUT2D eigenvalue weighted by Crippen LogP contribution is 2.32. The van der Waals surface area contributed by atoms with Gasteiger partial charge in [0.25, 0.3) is 5.91 Å². The number of hydrogen-bond donors (Lipinski definition) is 2. The van der Waals surface area contributed by atoms with Gasteiger partial charge in [-0.2, -0.15) is 0 Å². The van der Waals surface area contributed by atoms with Crippen molar-refractivity contribution in [3.63, 3.8) is 0 Å². The fourth-order valence-electron chi connectivity index (χ4n) is 2.91. The number of nitrogens with two attached hydrogens (primary N) is 1. The maximum Gasteiger partial charge on any atom is 0.252 e. The zero-order valence-electron chi connectivity index (χ0n) is 11.8. The number of amides is 1. The lowest BCUT2D eigenvalue weighted by atomic mass is 10.1. The van der Waals surface area contributed by atoms with Crippen LogP contribution in [0.25, 0.3) is 0 Å². The van der Waals surface area contributed by atoms with Gasteiger partial charge in [-0.05, 0) is 66.8 Å². The molecule has 0 radical (unpaired) electrons. The number of carbonyl (C=O) groups excluding carboxylic acids is 1. The van der Waals surface area contributed by atoms with E-state index in [0.29, 0.717) is 0 Å². The Bertz CT molecular complexity index is 712. The molecule has 0 fully saturated rings. The Kier molecular flexibility index (Phi) is 3.72. The van der Waals surface area contributed by atoms with Crippen LogP contribution in [0.1, 0.15) is 39.5 Å². The van der Waals surface area contributed by atoms with E-state index in [2.05, 4.69) is 21.2 Å². The van der Waals surface area contributed by atoms with Gasteiger partial charge >= 0.3 is 0 Å². The van der Waals surface area contributed by atoms with Gasteiger partial charge in [0, 0.05) is 15.7 Å². The molecule has 1 aliphatic rings. The Morgan fingerprint density at radius 1 is 1.29 bits per heavy atom. The Hall–Kier alpha value is -1.81. The molecule has 3 rings (SSSR count). The van der Waals surface area contributed by atoms with Crippen LogP contribution in [0.3, 0.4) is 0 Å². The SMILES string of the molecule is Cc1cc(Br)ccc1C(=O)NC1CCc2cc(N)ccc21. The maximum absolute atomic E-state index is 12.5. The topological polar surface area (TPSA) is 55.1 Å². The second-order valence-corrected chi connectivity index (χ2v) is 6.40. The van der Waals surface area contributed by atoms with Crippen molar-refractivity contribution in [1.82, 2.24) is 5.32 Å². The van der Waals surface area contributed by atoms with Gasteiger partial charge in [0.2, 0.25) is 0 Å². The van der Waals surface area contributed by atoms with Crippen LogP contribution in [-0.2, 0) is 6.42 Å². The standard InChI is InChI=1S/C17H17BrN2O/c1-10-8-12(18)3-5-14(10)17(21)20-16-7-2-11-9-13(19)4-6-15(11)16/h3-6,8-9,16H,2,7,19H2,1H3,(H,20,21). The number of benzene rings is 2. The zero-order valence-corrected chi connectivity index (χ0v) is 13.4. The number of hydrogen-bond acceptors (Lipinski definition) is 2. The van der Waals surface area contributed by atoms with Gasteiger partial charge < -0.3 is 11.1 Å². The fourth-order valence-corrected chi connectivity index (χ4v) is 3.38. The van der Waals surface area contributed by atoms with Gasteiger partial charge in [-0.25, -0.2) is 0 Å². The molecule has 0 bridgehead atoms. The first-order chi connectivity index (χ1) is 10.0. The number of aryl methyl sites for hydroxylation is 2. The first-order valence-electron chi connectivity index (χ1n) is 7.00. The molecule has 0 saturated carbocycles. The van der Waals surface area contributed by atoms with Gasteiger partial charge in [-0.1, -0.05) is 22.0 Å². The maximum atomic E-state index is 12.5. The van der Waals surface area contributed by atoms with E-state index in [4.69, 9.17) is 5.73 Å². The third kappa shape index (κ3) is 2.81. The third-order valence-electron chi connectivity index (χ3n) is 3.98. The Balaban J connectivity index is 1.81. The van der Waals surface area contributed by atoms with E-state index in [9.17, 15) is 4.79 Å². The van der Waals surface area contributed by atoms with Crippen LogP contribution in [0.15, 0.2) is 40.9 Å². The van der Waals surface area contributed by atoms with Crippen molar-refractivity contribution in [3.05, 3.63) is 63.1 Å². The molecule has 0 aromatic heterocycles. The first-order valence-corrected chi connectivity index (χ1v) is 7.79. The minimum absolute atomic E-state index is 0.0188. The van der Waals surface area contributed by atoms with E-state index in [1.807, 2.05) is 43.3 Å². The molecule has 0 spiro atoms. The van der Waals surface area contributed by atoms with Crippen LogP contribution in [0.4, 0.5) is 5.69 Å². The summed E-state index contributed by atoms with van der Waals surface area (Å²) in [6.45, 7) is 1.95. The number of nitrogens with one attached hydrogen (secondary N) is 1. The highest BCUT2D eigenvalue weighted by atomic mass is 79.9. The summed E-state index contributed by atoms with van der Waals surface area (Å²) >= 11 is 3.42. The van der Waals surface area contributed by atoms with E-state index < -0.39 is 0 Å². The van der Waals surface area contributed by atoms with Crippen LogP contribution < -0.4 is 11.1 Å². The van der Waals surface area contributed by atoms with Crippen molar-refractivity contribution in [3.8, 4) is 0 Å². The Labute approximate surface area is 132 Å². The quantitative estimate of drug-likeness (QED) is 0.815. The van der Waals surface area contributed by atoms with Crippen molar-refractivity contribution < 1.29 is 4.79 Å². The summed E-state index contributed by atoms with van der Waals surface area (Å²) in [7, 11) is 0. The van der Waals surface area contributed by atoms with Crippen molar-refractivity contribution in [2.45, 2.75) is 25.8 Å². The number of rotatable bonds is 2. The molecule has 3 N–H and O–H groups in total. The third-order valence-corrected chi connectivity index (χ3v) is 4.48. The summed E-state index contributed by atoms with van der Waals surface area (Å²) in [5.74, 6) is -0.0188. The normalized spacial score (nSPS) is 16.6. The lowest BCUT2D eigenvalue weighted by Crippen LogP contribution is -2.27. The van der Waals surface area contributed by atoms with Crippen molar-refractivity contribution >= 4 is 27.5 Å². The highest BCUT2D eigenvalue weighted by Gasteiger charge is 2.24. The van der Waals surface area contributed by atoms with Gasteiger partial charge in [0.05, 0.1) is 6.04 Å². The molecule has 1 aliphatic carbocycles. The molecule has 2 aromatic carbocycles. The van der Waals surface area contributed by atoms with Crippen LogP contribution in [-0.4, -0.2) is 5.91 Å². The molecule has 4 heteroatoms. The predicted molar refractivity (Wildman–Crippen MR) is 88.3 cm³/mol. The molecule has 21 heavy (non-hydrogen) atoms. The zero-order chi connectivity index (χ0) is 15.0. The molecule has 1 amide bonds. The Morgan fingerprint density at radius 2 is 2.10 bits per heavy atom. The number of halogens is 1. The van der Waals surface area contributed by atoms with Crippen molar-refractivity contribution in [2.24, 2.45) is 0 Å². The average molecular weight is 345 g/mol. The van der Waals surface area contributed by atoms with Gasteiger partial charge in [-0.3, -0.25) is 4.79 Å². The lowest BCUT2D eigenvalue weighted by Gasteiger charge is -2.15. The number of nitrogen functional groups attached to an aromatic ring is 1. The van der Waals surface area contributed by atoms with Crippen molar-refractivity contribution in [1.29, 1.82) is 0 Å². The summed E-state index contributed by atoms with van der Waals surface area (Å²) in [4.78, 5) is 12.5. The van der Waals surface area contributed by atoms with E-state index >= 15 is 0 Å². The van der Waals surface area contributed by atoms with E-state index in [1.54, 1.807) is 0 Å². The molecule has 1 atom stereocenters. The van der Waals surface area contributed by atoms with Crippen LogP contribution in [0.2, 0.25) is 0 Å². The summed E-state index contributed by atoms with van der Waals surface area (Å²) in [6, 6.07) is 11.7. The highest BCUT2D eigenvalue weighted by molar-refractivity contribution is 9.10. The van der Waals surface area contributed by atoms with Gasteiger partial charge in [0.15, 0.2) is 0 Å². The predicted octanol–water partition coefficient (Wildman–Crippen LogP) is 3.76. The summed E-state index contributed by atoms with van der Waals surface area (Å²) in [5.41, 5.74) is 10.7. The summed E-state index contributed by atoms with van der Waals surface area (Å²) in [5, 5.41) is 3.14. The number of anilines is 1. The van der Waals surface area contributed by atoms with E-state index in [-0.39, 0.29) is 11.9 Å². The molecule has 0 saturated heterocycles. The van der Waals surface area contributed by atoms with Crippen LogP contribution in [0, 0.1) is 6.92 Å². The second kappa shape index (κ2) is 5.53. The molecule has 0 aliphatic heterocycles. The average Bonchev–Trinajstić information content (AvgIpc) is 2.80. The molecular weight excluding hydrogens is 328 g/mol. The first kappa shape index (κ1) is 14.1. The molecule has 0 heterocycles. The van der Waals surface area contributed by atoms with E-state index in [1.165, 1.54) is 11.1 Å². The molecular formula is C17H17BrN2O. The molecule has 2 aromatic rings. The molecule has 108 valence electrons. The van der Waals surface area contributed by atoms with E-state index in [0.717, 1.165) is 34.1 Å². The number of carbonyl (C=O) groups is 1. The monoisotopic (exact) mass is 344 g/mol. The Morgan fingerprint density at radius 3 is 2.86 bits per heavy atom. The van der Waals surface area contributed by atoms with Gasteiger partial charge in [0.1, 0.15) is 0 Å². The molecule has 3 nitrogen and oxygen atoms in total. The lowest BCUT2D eigenvalue weighted by molar-refractivity contribution is 0.0936. The number of fused-ring (bicyclic) bond motifs is 1. The minimum atomic E-state index is -0.0188. The second-order valence-electron chi connectivity index (χ2n) is 5.48. The summed E-state index contributed by atoms with van der Waals surface area (Å²) < 4.78 is 0.984.